The summed E-state index contributed by atoms with van der Waals surface area (Å²) in [5.41, 5.74) is -1.50. The largest absolute Gasteiger partial charge is 0.416 e. The second-order valence-corrected chi connectivity index (χ2v) is 6.94. The lowest BCUT2D eigenvalue weighted by Crippen LogP contribution is -2.18. The lowest BCUT2D eigenvalue weighted by Gasteiger charge is -2.17. The molecule has 0 aromatic heterocycles. The molecule has 0 aliphatic carbocycles. The zero-order chi connectivity index (χ0) is 14.1. The van der Waals surface area contributed by atoms with Crippen LogP contribution in [0.2, 0.25) is 0 Å². The van der Waals surface area contributed by atoms with Crippen LogP contribution < -0.4 is 0 Å². The monoisotopic (exact) mass is 346 g/mol. The molecule has 0 saturated carbocycles. The fraction of sp³-hybridized carbons (Fsp3) is 0.400. The van der Waals surface area contributed by atoms with Crippen molar-refractivity contribution in [2.45, 2.75) is 12.3 Å². The van der Waals surface area contributed by atoms with Crippen LogP contribution >= 0.6 is 15.9 Å². The van der Waals surface area contributed by atoms with E-state index < -0.39 is 39.0 Å². The molecular formula is C10H10BrF3O3S. The molecule has 1 N–H and O–H groups in total. The molecule has 0 heterocycles. The van der Waals surface area contributed by atoms with Crippen molar-refractivity contribution in [1.29, 1.82) is 0 Å². The first-order chi connectivity index (χ1) is 8.00. The summed E-state index contributed by atoms with van der Waals surface area (Å²) in [6.45, 7) is 0. The van der Waals surface area contributed by atoms with Gasteiger partial charge in [0.2, 0.25) is 0 Å². The molecule has 0 radical (unpaired) electrons. The first-order valence-electron chi connectivity index (χ1n) is 4.73. The fourth-order valence-corrected chi connectivity index (χ4v) is 2.56. The van der Waals surface area contributed by atoms with E-state index in [1.54, 1.807) is 0 Å². The van der Waals surface area contributed by atoms with Gasteiger partial charge in [-0.2, -0.15) is 13.2 Å². The molecule has 1 atom stereocenters. The van der Waals surface area contributed by atoms with Gasteiger partial charge in [-0.1, -0.05) is 22.0 Å². The van der Waals surface area contributed by atoms with Crippen LogP contribution in [0.1, 0.15) is 17.2 Å². The minimum Gasteiger partial charge on any atom is -0.387 e. The Labute approximate surface area is 111 Å². The molecule has 3 nitrogen and oxygen atoms in total. The lowest BCUT2D eigenvalue weighted by molar-refractivity contribution is -0.139. The summed E-state index contributed by atoms with van der Waals surface area (Å²) >= 11 is 2.90. The SMILES string of the molecule is CS(=O)(=O)CC(O)c1ccc(Br)cc1C(F)(F)F. The maximum absolute atomic E-state index is 12.7. The van der Waals surface area contributed by atoms with E-state index in [0.717, 1.165) is 18.4 Å². The van der Waals surface area contributed by atoms with Crippen molar-refractivity contribution >= 4 is 25.8 Å². The summed E-state index contributed by atoms with van der Waals surface area (Å²) < 4.78 is 60.4. The van der Waals surface area contributed by atoms with Crippen LogP contribution in [0, 0.1) is 0 Å². The van der Waals surface area contributed by atoms with Crippen LogP contribution in [0.3, 0.4) is 0 Å². The third-order valence-corrected chi connectivity index (χ3v) is 3.55. The van der Waals surface area contributed by atoms with Crippen LogP contribution in [0.15, 0.2) is 22.7 Å². The Morgan fingerprint density at radius 2 is 1.94 bits per heavy atom. The number of aliphatic hydroxyl groups is 1. The maximum atomic E-state index is 12.7. The second-order valence-electron chi connectivity index (χ2n) is 3.84. The molecule has 8 heteroatoms. The standard InChI is InChI=1S/C10H10BrF3O3S/c1-18(16,17)5-9(15)7-3-2-6(11)4-8(7)10(12,13)14/h2-4,9,15H,5H2,1H3. The van der Waals surface area contributed by atoms with Crippen molar-refractivity contribution in [3.8, 4) is 0 Å². The second kappa shape index (κ2) is 5.18. The highest BCUT2D eigenvalue weighted by atomic mass is 79.9. The van der Waals surface area contributed by atoms with Crippen molar-refractivity contribution in [3.63, 3.8) is 0 Å². The van der Waals surface area contributed by atoms with Crippen LogP contribution in [0.25, 0.3) is 0 Å². The molecule has 0 aliphatic rings. The molecule has 0 spiro atoms. The highest BCUT2D eigenvalue weighted by molar-refractivity contribution is 9.10. The number of halogens is 4. The topological polar surface area (TPSA) is 54.4 Å². The Kier molecular flexibility index (Phi) is 4.45. The Bertz CT molecular complexity index is 540. The minimum atomic E-state index is -4.66. The molecule has 1 aromatic carbocycles. The van der Waals surface area contributed by atoms with Crippen molar-refractivity contribution in [2.75, 3.05) is 12.0 Å². The smallest absolute Gasteiger partial charge is 0.387 e. The third kappa shape index (κ3) is 4.25. The maximum Gasteiger partial charge on any atom is 0.416 e. The number of hydrogen-bond acceptors (Lipinski definition) is 3. The van der Waals surface area contributed by atoms with Gasteiger partial charge in [-0.3, -0.25) is 0 Å². The quantitative estimate of drug-likeness (QED) is 0.914. The van der Waals surface area contributed by atoms with Crippen LogP contribution in [0.5, 0.6) is 0 Å². The fourth-order valence-electron chi connectivity index (χ4n) is 1.44. The van der Waals surface area contributed by atoms with Gasteiger partial charge in [0.05, 0.1) is 17.4 Å². The van der Waals surface area contributed by atoms with E-state index in [1.165, 1.54) is 6.07 Å². The van der Waals surface area contributed by atoms with Gasteiger partial charge in [0.25, 0.3) is 0 Å². The van der Waals surface area contributed by atoms with E-state index in [9.17, 15) is 26.7 Å². The Morgan fingerprint density at radius 3 is 2.39 bits per heavy atom. The third-order valence-electron chi connectivity index (χ3n) is 2.14. The Morgan fingerprint density at radius 1 is 1.39 bits per heavy atom. The highest BCUT2D eigenvalue weighted by Gasteiger charge is 2.35. The number of hydrogen-bond donors (Lipinski definition) is 1. The van der Waals surface area contributed by atoms with Crippen molar-refractivity contribution < 1.29 is 26.7 Å². The molecule has 1 rings (SSSR count). The molecule has 0 aliphatic heterocycles. The zero-order valence-corrected chi connectivity index (χ0v) is 11.6. The molecule has 18 heavy (non-hydrogen) atoms. The molecule has 0 fully saturated rings. The molecule has 0 amide bonds. The van der Waals surface area contributed by atoms with E-state index in [2.05, 4.69) is 15.9 Å². The summed E-state index contributed by atoms with van der Waals surface area (Å²) in [5, 5.41) is 9.60. The summed E-state index contributed by atoms with van der Waals surface area (Å²) in [4.78, 5) is 0. The normalized spacial score (nSPS) is 14.6. The van der Waals surface area contributed by atoms with Crippen molar-refractivity contribution in [2.24, 2.45) is 0 Å². The molecule has 0 bridgehead atoms. The van der Waals surface area contributed by atoms with E-state index >= 15 is 0 Å². The van der Waals surface area contributed by atoms with Gasteiger partial charge in [0, 0.05) is 10.7 Å². The number of alkyl halides is 3. The summed E-state index contributed by atoms with van der Waals surface area (Å²) in [5.74, 6) is -0.752. The predicted molar refractivity (Wildman–Crippen MR) is 63.8 cm³/mol. The van der Waals surface area contributed by atoms with Crippen molar-refractivity contribution in [1.82, 2.24) is 0 Å². The van der Waals surface area contributed by atoms with Gasteiger partial charge in [-0.05, 0) is 17.7 Å². The molecule has 1 unspecified atom stereocenters. The number of benzene rings is 1. The van der Waals surface area contributed by atoms with E-state index in [-0.39, 0.29) is 4.47 Å². The summed E-state index contributed by atoms with van der Waals surface area (Å²) in [7, 11) is -3.57. The first-order valence-corrected chi connectivity index (χ1v) is 7.58. The number of aliphatic hydroxyl groups excluding tert-OH is 1. The first kappa shape index (κ1) is 15.5. The highest BCUT2D eigenvalue weighted by Crippen LogP contribution is 2.36. The zero-order valence-electron chi connectivity index (χ0n) is 9.20. The summed E-state index contributed by atoms with van der Waals surface area (Å²) in [6.07, 6.45) is -5.51. The predicted octanol–water partition coefficient (Wildman–Crippen LogP) is 2.55. The molecular weight excluding hydrogens is 337 g/mol. The van der Waals surface area contributed by atoms with Gasteiger partial charge in [-0.25, -0.2) is 8.42 Å². The average Bonchev–Trinajstić information content (AvgIpc) is 2.13. The van der Waals surface area contributed by atoms with E-state index in [0.29, 0.717) is 0 Å². The van der Waals surface area contributed by atoms with Gasteiger partial charge >= 0.3 is 6.18 Å². The van der Waals surface area contributed by atoms with Gasteiger partial charge in [0.1, 0.15) is 9.84 Å². The van der Waals surface area contributed by atoms with Gasteiger partial charge < -0.3 is 5.11 Å². The minimum absolute atomic E-state index is 0.199. The average molecular weight is 347 g/mol. The van der Waals surface area contributed by atoms with Gasteiger partial charge in [0.15, 0.2) is 0 Å². The molecule has 1 aromatic rings. The summed E-state index contributed by atoms with van der Waals surface area (Å²) in [6, 6.07) is 3.18. The molecule has 102 valence electrons. The van der Waals surface area contributed by atoms with E-state index in [1.807, 2.05) is 0 Å². The van der Waals surface area contributed by atoms with Crippen LogP contribution in [-0.4, -0.2) is 25.5 Å². The number of rotatable bonds is 3. The van der Waals surface area contributed by atoms with Gasteiger partial charge in [-0.15, -0.1) is 0 Å². The van der Waals surface area contributed by atoms with Crippen LogP contribution in [0.4, 0.5) is 13.2 Å². The van der Waals surface area contributed by atoms with E-state index in [4.69, 9.17) is 0 Å². The van der Waals surface area contributed by atoms with Crippen LogP contribution in [-0.2, 0) is 16.0 Å². The Hall–Kier alpha value is -0.600. The number of sulfone groups is 1. The van der Waals surface area contributed by atoms with Crippen molar-refractivity contribution in [3.05, 3.63) is 33.8 Å². The Balaban J connectivity index is 3.24. The molecule has 0 saturated heterocycles. The lowest BCUT2D eigenvalue weighted by atomic mass is 10.0.